The molecule has 0 saturated carbocycles. The smallest absolute Gasteiger partial charge is 0.220 e. The Morgan fingerprint density at radius 2 is 1.81 bits per heavy atom. The lowest BCUT2D eigenvalue weighted by atomic mass is 9.73. The van der Waals surface area contributed by atoms with Gasteiger partial charge in [0.05, 0.1) is 7.11 Å². The lowest BCUT2D eigenvalue weighted by Gasteiger charge is -2.38. The van der Waals surface area contributed by atoms with E-state index in [1.54, 1.807) is 7.11 Å². The van der Waals surface area contributed by atoms with Crippen LogP contribution < -0.4 is 10.1 Å². The van der Waals surface area contributed by atoms with Crippen LogP contribution in [0.1, 0.15) is 64.7 Å². The maximum Gasteiger partial charge on any atom is 0.220 e. The Bertz CT molecular complexity index is 991. The monoisotopic (exact) mass is 435 g/mol. The number of rotatable bonds is 8. The standard InChI is InChI=1S/C27H33NO4/c1-19-6-10-25(31-2)23(16-19)27(12-14-32-15-13-27)18-28-26(30)11-9-24(29)22-8-7-20-4-3-5-21(20)17-22/h6-8,10,16-17H,3-5,9,11-15,18H2,1-2H3,(H,28,30). The molecule has 1 fully saturated rings. The molecule has 32 heavy (non-hydrogen) atoms. The van der Waals surface area contributed by atoms with Gasteiger partial charge in [-0.25, -0.2) is 0 Å². The van der Waals surface area contributed by atoms with Crippen molar-refractivity contribution in [2.45, 2.75) is 57.3 Å². The minimum atomic E-state index is -0.227. The first kappa shape index (κ1) is 22.5. The maximum absolute atomic E-state index is 12.7. The van der Waals surface area contributed by atoms with Crippen molar-refractivity contribution in [1.29, 1.82) is 0 Å². The quantitative estimate of drug-likeness (QED) is 0.627. The van der Waals surface area contributed by atoms with Crippen LogP contribution in [0.3, 0.4) is 0 Å². The Morgan fingerprint density at radius 3 is 2.59 bits per heavy atom. The molecule has 1 heterocycles. The first-order valence-electron chi connectivity index (χ1n) is 11.7. The second kappa shape index (κ2) is 9.86. The van der Waals surface area contributed by atoms with E-state index in [9.17, 15) is 9.59 Å². The lowest BCUT2D eigenvalue weighted by Crippen LogP contribution is -2.45. The molecule has 0 aromatic heterocycles. The molecule has 1 N–H and O–H groups in total. The normalized spacial score (nSPS) is 16.9. The Balaban J connectivity index is 1.39. The Kier molecular flexibility index (Phi) is 6.95. The number of methoxy groups -OCH3 is 1. The van der Waals surface area contributed by atoms with E-state index in [0.717, 1.165) is 54.5 Å². The van der Waals surface area contributed by atoms with Crippen molar-refractivity contribution in [3.8, 4) is 5.75 Å². The van der Waals surface area contributed by atoms with Crippen molar-refractivity contribution in [1.82, 2.24) is 5.32 Å². The second-order valence-electron chi connectivity index (χ2n) is 9.13. The molecule has 0 atom stereocenters. The van der Waals surface area contributed by atoms with Crippen LogP contribution in [0.2, 0.25) is 0 Å². The molecule has 4 rings (SSSR count). The highest BCUT2D eigenvalue weighted by Crippen LogP contribution is 2.40. The van der Waals surface area contributed by atoms with Crippen LogP contribution in [-0.2, 0) is 27.8 Å². The van der Waals surface area contributed by atoms with Crippen molar-refractivity contribution in [3.63, 3.8) is 0 Å². The highest BCUT2D eigenvalue weighted by Gasteiger charge is 2.37. The average molecular weight is 436 g/mol. The van der Waals surface area contributed by atoms with Gasteiger partial charge in [-0.2, -0.15) is 0 Å². The summed E-state index contributed by atoms with van der Waals surface area (Å²) in [6.45, 7) is 3.90. The van der Waals surface area contributed by atoms with Crippen LogP contribution in [0.25, 0.3) is 0 Å². The molecule has 5 nitrogen and oxygen atoms in total. The van der Waals surface area contributed by atoms with Gasteiger partial charge in [0.1, 0.15) is 5.75 Å². The number of Topliss-reactive ketones (excluding diaryl/α,β-unsaturated/α-hetero) is 1. The number of aryl methyl sites for hydroxylation is 3. The molecule has 1 amide bonds. The minimum Gasteiger partial charge on any atom is -0.496 e. The maximum atomic E-state index is 12.7. The zero-order valence-corrected chi connectivity index (χ0v) is 19.2. The number of amides is 1. The number of fused-ring (bicyclic) bond motifs is 1. The third-order valence-corrected chi connectivity index (χ3v) is 7.00. The van der Waals surface area contributed by atoms with E-state index >= 15 is 0 Å². The van der Waals surface area contributed by atoms with Gasteiger partial charge in [0.25, 0.3) is 0 Å². The van der Waals surface area contributed by atoms with Gasteiger partial charge >= 0.3 is 0 Å². The summed E-state index contributed by atoms with van der Waals surface area (Å²) < 4.78 is 11.3. The zero-order chi connectivity index (χ0) is 22.6. The van der Waals surface area contributed by atoms with Crippen molar-refractivity contribution in [2.24, 2.45) is 0 Å². The largest absolute Gasteiger partial charge is 0.496 e. The third kappa shape index (κ3) is 4.88. The molecule has 2 aromatic rings. The third-order valence-electron chi connectivity index (χ3n) is 7.00. The van der Waals surface area contributed by atoms with Crippen LogP contribution in [0.5, 0.6) is 5.75 Å². The number of ketones is 1. The van der Waals surface area contributed by atoms with Gasteiger partial charge < -0.3 is 14.8 Å². The first-order chi connectivity index (χ1) is 15.5. The fourth-order valence-electron chi connectivity index (χ4n) is 5.01. The summed E-state index contributed by atoms with van der Waals surface area (Å²) in [4.78, 5) is 25.3. The van der Waals surface area contributed by atoms with Gasteiger partial charge in [-0.3, -0.25) is 9.59 Å². The summed E-state index contributed by atoms with van der Waals surface area (Å²) in [6.07, 6.45) is 5.38. The van der Waals surface area contributed by atoms with Crippen molar-refractivity contribution in [2.75, 3.05) is 26.9 Å². The molecule has 1 saturated heterocycles. The first-order valence-corrected chi connectivity index (χ1v) is 11.7. The summed E-state index contributed by atoms with van der Waals surface area (Å²) in [5, 5.41) is 3.11. The summed E-state index contributed by atoms with van der Waals surface area (Å²) in [7, 11) is 1.68. The number of hydrogen-bond donors (Lipinski definition) is 1. The molecule has 0 unspecified atom stereocenters. The number of hydrogen-bond acceptors (Lipinski definition) is 4. The molecule has 5 heteroatoms. The Morgan fingerprint density at radius 1 is 1.03 bits per heavy atom. The van der Waals surface area contributed by atoms with Gasteiger partial charge in [0.2, 0.25) is 5.91 Å². The number of carbonyl (C=O) groups excluding carboxylic acids is 2. The molecule has 1 aliphatic heterocycles. The number of benzene rings is 2. The van der Waals surface area contributed by atoms with Crippen LogP contribution >= 0.6 is 0 Å². The highest BCUT2D eigenvalue weighted by atomic mass is 16.5. The van der Waals surface area contributed by atoms with Crippen molar-refractivity contribution < 1.29 is 19.1 Å². The Hall–Kier alpha value is -2.66. The number of nitrogens with one attached hydrogen (secondary N) is 1. The number of ether oxygens (including phenoxy) is 2. The van der Waals surface area contributed by atoms with Gasteiger partial charge in [-0.05, 0) is 62.3 Å². The van der Waals surface area contributed by atoms with Gasteiger partial charge in [-0.1, -0.05) is 29.8 Å². The van der Waals surface area contributed by atoms with E-state index in [-0.39, 0.29) is 29.9 Å². The highest BCUT2D eigenvalue weighted by molar-refractivity contribution is 5.98. The molecule has 0 spiro atoms. The summed E-state index contributed by atoms with van der Waals surface area (Å²) in [5.74, 6) is 0.798. The van der Waals surface area contributed by atoms with Crippen molar-refractivity contribution >= 4 is 11.7 Å². The minimum absolute atomic E-state index is 0.0379. The van der Waals surface area contributed by atoms with E-state index in [4.69, 9.17) is 9.47 Å². The van der Waals surface area contributed by atoms with Gasteiger partial charge in [-0.15, -0.1) is 0 Å². The van der Waals surface area contributed by atoms with Gasteiger partial charge in [0.15, 0.2) is 5.78 Å². The van der Waals surface area contributed by atoms with E-state index in [1.807, 2.05) is 24.3 Å². The summed E-state index contributed by atoms with van der Waals surface area (Å²) >= 11 is 0. The fraction of sp³-hybridized carbons (Fsp3) is 0.481. The predicted molar refractivity (Wildman–Crippen MR) is 125 cm³/mol. The molecular weight excluding hydrogens is 402 g/mol. The van der Waals surface area contributed by atoms with Crippen LogP contribution in [0.4, 0.5) is 0 Å². The van der Waals surface area contributed by atoms with E-state index < -0.39 is 0 Å². The fourth-order valence-corrected chi connectivity index (χ4v) is 5.01. The molecule has 2 aliphatic rings. The molecule has 0 bridgehead atoms. The number of carbonyl (C=O) groups is 2. The predicted octanol–water partition coefficient (Wildman–Crippen LogP) is 4.32. The average Bonchev–Trinajstić information content (AvgIpc) is 3.30. The topological polar surface area (TPSA) is 64.6 Å². The van der Waals surface area contributed by atoms with Gasteiger partial charge in [0, 0.05) is 49.1 Å². The SMILES string of the molecule is COc1ccc(C)cc1C1(CNC(=O)CCC(=O)c2ccc3c(c2)CCC3)CCOCC1. The van der Waals surface area contributed by atoms with Crippen LogP contribution in [-0.4, -0.2) is 38.6 Å². The molecule has 0 radical (unpaired) electrons. The summed E-state index contributed by atoms with van der Waals surface area (Å²) in [5.41, 5.74) is 5.43. The van der Waals surface area contributed by atoms with E-state index in [0.29, 0.717) is 19.8 Å². The zero-order valence-electron chi connectivity index (χ0n) is 19.2. The molecular formula is C27H33NO4. The van der Waals surface area contributed by atoms with Crippen LogP contribution in [0, 0.1) is 6.92 Å². The second-order valence-corrected chi connectivity index (χ2v) is 9.13. The lowest BCUT2D eigenvalue weighted by molar-refractivity contribution is -0.121. The van der Waals surface area contributed by atoms with Crippen molar-refractivity contribution in [3.05, 3.63) is 64.2 Å². The molecule has 170 valence electrons. The molecule has 1 aliphatic carbocycles. The summed E-state index contributed by atoms with van der Waals surface area (Å²) in [6, 6.07) is 12.2. The van der Waals surface area contributed by atoms with E-state index in [1.165, 1.54) is 11.1 Å². The van der Waals surface area contributed by atoms with E-state index in [2.05, 4.69) is 24.4 Å². The van der Waals surface area contributed by atoms with Crippen LogP contribution in [0.15, 0.2) is 36.4 Å². The Labute approximate surface area is 190 Å². The molecule has 2 aromatic carbocycles.